The lowest BCUT2D eigenvalue weighted by atomic mass is 10.1. The Labute approximate surface area is 178 Å². The summed E-state index contributed by atoms with van der Waals surface area (Å²) in [6, 6.07) is 20.2. The van der Waals surface area contributed by atoms with E-state index in [4.69, 9.17) is 16.3 Å². The Balaban J connectivity index is 1.38. The van der Waals surface area contributed by atoms with Crippen LogP contribution >= 0.6 is 11.6 Å². The second-order valence-corrected chi connectivity index (χ2v) is 7.51. The standard InChI is InChI=1S/C23H19ClN2O4/c24-17-7-4-8-18(12-17)25-21(27)14-30-23(29)16-11-22(28)26(13-16)20-10-3-6-15-5-1-2-9-19(15)20/h1-10,12,16H,11,13-14H2,(H,25,27)/t16-/m0/s1. The third-order valence-corrected chi connectivity index (χ3v) is 5.20. The Morgan fingerprint density at radius 1 is 1.07 bits per heavy atom. The normalized spacial score (nSPS) is 16.0. The highest BCUT2D eigenvalue weighted by Crippen LogP contribution is 2.32. The highest BCUT2D eigenvalue weighted by Gasteiger charge is 2.36. The fourth-order valence-corrected chi connectivity index (χ4v) is 3.75. The average molecular weight is 423 g/mol. The van der Waals surface area contributed by atoms with Crippen molar-refractivity contribution in [2.24, 2.45) is 5.92 Å². The van der Waals surface area contributed by atoms with Crippen molar-refractivity contribution in [1.82, 2.24) is 0 Å². The molecule has 0 radical (unpaired) electrons. The molecule has 1 aliphatic heterocycles. The fraction of sp³-hybridized carbons (Fsp3) is 0.174. The SMILES string of the molecule is O=C(COC(=O)[C@H]1CC(=O)N(c2cccc3ccccc23)C1)Nc1cccc(Cl)c1. The molecule has 0 aliphatic carbocycles. The van der Waals surface area contributed by atoms with Crippen LogP contribution in [0, 0.1) is 5.92 Å². The van der Waals surface area contributed by atoms with Gasteiger partial charge in [0.2, 0.25) is 5.91 Å². The Morgan fingerprint density at radius 3 is 2.67 bits per heavy atom. The maximum Gasteiger partial charge on any atom is 0.311 e. The number of ether oxygens (including phenoxy) is 1. The van der Waals surface area contributed by atoms with E-state index in [-0.39, 0.29) is 18.9 Å². The minimum absolute atomic E-state index is 0.0535. The summed E-state index contributed by atoms with van der Waals surface area (Å²) in [6.07, 6.45) is 0.0535. The molecule has 1 heterocycles. The summed E-state index contributed by atoms with van der Waals surface area (Å²) in [7, 11) is 0. The third kappa shape index (κ3) is 4.28. The van der Waals surface area contributed by atoms with Crippen LogP contribution in [0.4, 0.5) is 11.4 Å². The first-order chi connectivity index (χ1) is 14.5. The highest BCUT2D eigenvalue weighted by atomic mass is 35.5. The molecule has 6 nitrogen and oxygen atoms in total. The maximum atomic E-state index is 12.6. The molecule has 1 saturated heterocycles. The summed E-state index contributed by atoms with van der Waals surface area (Å²) in [6.45, 7) is -0.202. The topological polar surface area (TPSA) is 75.7 Å². The van der Waals surface area contributed by atoms with Crippen LogP contribution in [-0.2, 0) is 19.1 Å². The maximum absolute atomic E-state index is 12.6. The molecule has 7 heteroatoms. The van der Waals surface area contributed by atoms with Crippen molar-refractivity contribution in [3.05, 3.63) is 71.8 Å². The Morgan fingerprint density at radius 2 is 1.83 bits per heavy atom. The molecule has 1 atom stereocenters. The van der Waals surface area contributed by atoms with Crippen LogP contribution in [0.1, 0.15) is 6.42 Å². The van der Waals surface area contributed by atoms with Gasteiger partial charge in [0.25, 0.3) is 5.91 Å². The van der Waals surface area contributed by atoms with E-state index in [1.54, 1.807) is 29.2 Å². The Kier molecular flexibility index (Phi) is 5.68. The number of nitrogens with one attached hydrogen (secondary N) is 1. The Bertz CT molecular complexity index is 1130. The van der Waals surface area contributed by atoms with E-state index < -0.39 is 24.4 Å². The minimum Gasteiger partial charge on any atom is -0.455 e. The van der Waals surface area contributed by atoms with Gasteiger partial charge in [0.1, 0.15) is 0 Å². The van der Waals surface area contributed by atoms with Crippen LogP contribution in [0.3, 0.4) is 0 Å². The minimum atomic E-state index is -0.615. The van der Waals surface area contributed by atoms with Gasteiger partial charge in [0, 0.05) is 29.1 Å². The number of nitrogens with zero attached hydrogens (tertiary/aromatic N) is 1. The van der Waals surface area contributed by atoms with E-state index in [0.717, 1.165) is 16.5 Å². The summed E-state index contributed by atoms with van der Waals surface area (Å²) in [5.74, 6) is -1.79. The number of fused-ring (bicyclic) bond motifs is 1. The summed E-state index contributed by atoms with van der Waals surface area (Å²) < 4.78 is 5.15. The summed E-state index contributed by atoms with van der Waals surface area (Å²) in [5.41, 5.74) is 1.29. The predicted octanol–water partition coefficient (Wildman–Crippen LogP) is 4.03. The van der Waals surface area contributed by atoms with E-state index in [1.165, 1.54) is 0 Å². The van der Waals surface area contributed by atoms with E-state index >= 15 is 0 Å². The van der Waals surface area contributed by atoms with Gasteiger partial charge in [0.15, 0.2) is 6.61 Å². The van der Waals surface area contributed by atoms with E-state index in [1.807, 2.05) is 42.5 Å². The number of hydrogen-bond acceptors (Lipinski definition) is 4. The van der Waals surface area contributed by atoms with Crippen LogP contribution in [0.25, 0.3) is 10.8 Å². The number of rotatable bonds is 5. The zero-order chi connectivity index (χ0) is 21.1. The second kappa shape index (κ2) is 8.55. The molecule has 2 amide bonds. The number of esters is 1. The first-order valence-corrected chi connectivity index (χ1v) is 9.89. The second-order valence-electron chi connectivity index (χ2n) is 7.07. The molecule has 4 rings (SSSR count). The number of amides is 2. The molecule has 0 saturated carbocycles. The molecule has 0 bridgehead atoms. The molecular weight excluding hydrogens is 404 g/mol. The van der Waals surface area contributed by atoms with Crippen LogP contribution in [0.15, 0.2) is 66.7 Å². The highest BCUT2D eigenvalue weighted by molar-refractivity contribution is 6.30. The van der Waals surface area contributed by atoms with E-state index in [9.17, 15) is 14.4 Å². The molecule has 152 valence electrons. The lowest BCUT2D eigenvalue weighted by Gasteiger charge is -2.18. The number of hydrogen-bond donors (Lipinski definition) is 1. The smallest absolute Gasteiger partial charge is 0.311 e. The number of anilines is 2. The zero-order valence-corrected chi connectivity index (χ0v) is 16.8. The lowest BCUT2D eigenvalue weighted by Crippen LogP contribution is -2.28. The van der Waals surface area contributed by atoms with Crippen LogP contribution in [0.5, 0.6) is 0 Å². The third-order valence-electron chi connectivity index (χ3n) is 4.97. The Hall–Kier alpha value is -3.38. The fourth-order valence-electron chi connectivity index (χ4n) is 3.56. The molecule has 0 unspecified atom stereocenters. The van der Waals surface area contributed by atoms with Crippen molar-refractivity contribution >= 4 is 51.5 Å². The van der Waals surface area contributed by atoms with Gasteiger partial charge in [0.05, 0.1) is 11.6 Å². The van der Waals surface area contributed by atoms with Gasteiger partial charge in [-0.15, -0.1) is 0 Å². The first kappa shape index (κ1) is 19.9. The van der Waals surface area contributed by atoms with Crippen LogP contribution in [-0.4, -0.2) is 30.9 Å². The molecule has 3 aromatic carbocycles. The quantitative estimate of drug-likeness (QED) is 0.630. The molecule has 1 N–H and O–H groups in total. The average Bonchev–Trinajstić information content (AvgIpc) is 3.13. The summed E-state index contributed by atoms with van der Waals surface area (Å²) >= 11 is 5.88. The molecule has 0 spiro atoms. The number of halogens is 1. The molecule has 1 fully saturated rings. The number of carbonyl (C=O) groups is 3. The van der Waals surface area contributed by atoms with E-state index in [2.05, 4.69) is 5.32 Å². The van der Waals surface area contributed by atoms with Gasteiger partial charge in [-0.3, -0.25) is 14.4 Å². The van der Waals surface area contributed by atoms with Crippen LogP contribution < -0.4 is 10.2 Å². The molecule has 30 heavy (non-hydrogen) atoms. The number of benzene rings is 3. The van der Waals surface area contributed by atoms with Crippen molar-refractivity contribution < 1.29 is 19.1 Å². The van der Waals surface area contributed by atoms with Crippen molar-refractivity contribution in [2.75, 3.05) is 23.4 Å². The largest absolute Gasteiger partial charge is 0.455 e. The monoisotopic (exact) mass is 422 g/mol. The van der Waals surface area contributed by atoms with Gasteiger partial charge in [-0.1, -0.05) is 54.1 Å². The lowest BCUT2D eigenvalue weighted by molar-refractivity contribution is -0.151. The summed E-state index contributed by atoms with van der Waals surface area (Å²) in [5, 5.41) is 5.07. The van der Waals surface area contributed by atoms with Gasteiger partial charge in [-0.05, 0) is 29.7 Å². The van der Waals surface area contributed by atoms with Crippen molar-refractivity contribution in [3.63, 3.8) is 0 Å². The molecular formula is C23H19ClN2O4. The first-order valence-electron chi connectivity index (χ1n) is 9.51. The van der Waals surface area contributed by atoms with Crippen LogP contribution in [0.2, 0.25) is 5.02 Å². The zero-order valence-electron chi connectivity index (χ0n) is 16.0. The number of carbonyl (C=O) groups excluding carboxylic acids is 3. The molecule has 3 aromatic rings. The molecule has 0 aromatic heterocycles. The van der Waals surface area contributed by atoms with Crippen molar-refractivity contribution in [1.29, 1.82) is 0 Å². The summed E-state index contributed by atoms with van der Waals surface area (Å²) in [4.78, 5) is 38.7. The molecule has 1 aliphatic rings. The van der Waals surface area contributed by atoms with Gasteiger partial charge >= 0.3 is 5.97 Å². The van der Waals surface area contributed by atoms with Crippen molar-refractivity contribution in [3.8, 4) is 0 Å². The van der Waals surface area contributed by atoms with Gasteiger partial charge in [-0.2, -0.15) is 0 Å². The van der Waals surface area contributed by atoms with Gasteiger partial charge < -0.3 is 15.0 Å². The van der Waals surface area contributed by atoms with Crippen molar-refractivity contribution in [2.45, 2.75) is 6.42 Å². The predicted molar refractivity (Wildman–Crippen MR) is 115 cm³/mol. The van der Waals surface area contributed by atoms with E-state index in [0.29, 0.717) is 10.7 Å². The van der Waals surface area contributed by atoms with Gasteiger partial charge in [-0.25, -0.2) is 0 Å².